The van der Waals surface area contributed by atoms with Crippen molar-refractivity contribution in [3.05, 3.63) is 166 Å². The van der Waals surface area contributed by atoms with E-state index < -0.39 is 0 Å². The van der Waals surface area contributed by atoms with Gasteiger partial charge in [-0.25, -0.2) is 20.0 Å². The van der Waals surface area contributed by atoms with Gasteiger partial charge in [0.15, 0.2) is 0 Å². The number of nitrogens with one attached hydrogen (secondary N) is 2. The highest BCUT2D eigenvalue weighted by molar-refractivity contribution is 6.17. The van der Waals surface area contributed by atoms with Crippen LogP contribution in [-0.2, 0) is 13.1 Å². The van der Waals surface area contributed by atoms with Gasteiger partial charge in [0.2, 0.25) is 0 Å². The van der Waals surface area contributed by atoms with Crippen molar-refractivity contribution in [2.24, 2.45) is 20.0 Å². The lowest BCUT2D eigenvalue weighted by molar-refractivity contribution is 0.533. The molecule has 0 fully saturated rings. The summed E-state index contributed by atoms with van der Waals surface area (Å²) < 4.78 is 0. The quantitative estimate of drug-likeness (QED) is 0.296. The van der Waals surface area contributed by atoms with E-state index >= 15 is 0 Å². The number of benzene rings is 2. The fraction of sp³-hybridized carbons (Fsp3) is 0.200. The third-order valence-electron chi connectivity index (χ3n) is 8.60. The van der Waals surface area contributed by atoms with Gasteiger partial charge in [-0.15, -0.1) is 0 Å². The summed E-state index contributed by atoms with van der Waals surface area (Å²) in [6.07, 6.45) is 22.4. The van der Waals surface area contributed by atoms with Crippen LogP contribution in [0.1, 0.15) is 37.8 Å². The maximum absolute atomic E-state index is 5.36. The second-order valence-electron chi connectivity index (χ2n) is 11.8. The molecule has 2 N–H and O–H groups in total. The summed E-state index contributed by atoms with van der Waals surface area (Å²) in [5, 5.41) is 7.78. The van der Waals surface area contributed by atoms with Gasteiger partial charge in [-0.2, -0.15) is 0 Å². The van der Waals surface area contributed by atoms with E-state index in [0.29, 0.717) is 0 Å². The fourth-order valence-electron chi connectivity index (χ4n) is 6.30. The van der Waals surface area contributed by atoms with E-state index in [1.807, 2.05) is 36.5 Å². The Balaban J connectivity index is 1.35. The van der Waals surface area contributed by atoms with E-state index in [1.54, 1.807) is 0 Å². The second kappa shape index (κ2) is 13.5. The van der Waals surface area contributed by atoms with Gasteiger partial charge in [0, 0.05) is 36.3 Å². The first kappa shape index (κ1) is 29.7. The molecule has 2 aromatic carbocycles. The number of aliphatic imine (C=N–C) groups is 4. The Hall–Kier alpha value is -5.04. The number of fused-ring (bicyclic) bond motifs is 4. The van der Waals surface area contributed by atoms with E-state index in [2.05, 4.69) is 109 Å². The Bertz CT molecular complexity index is 1890. The van der Waals surface area contributed by atoms with Crippen molar-refractivity contribution in [1.29, 1.82) is 0 Å². The minimum absolute atomic E-state index is 0.0786. The van der Waals surface area contributed by atoms with Gasteiger partial charge in [0.05, 0.1) is 45.6 Å². The Morgan fingerprint density at radius 3 is 1.46 bits per heavy atom. The molecule has 2 unspecified atom stereocenters. The van der Waals surface area contributed by atoms with Crippen LogP contribution in [0.2, 0.25) is 0 Å². The molecule has 2 aromatic rings. The Morgan fingerprint density at radius 2 is 0.957 bits per heavy atom. The number of allylic oxidation sites excluding steroid dienone is 10. The SMILES string of the molecule is CCC(NCc1ccccc1)C1=C(C(CC)NCc2ccccc2)C2=NC1=CC1=NC(=CC3=NC(=CC4=NC(=C2)C=C4)C=C3)C=C1. The number of hydrogen-bond donors (Lipinski definition) is 2. The number of nitrogens with zero attached hydrogens (tertiary/aromatic N) is 4. The molecule has 228 valence electrons. The normalized spacial score (nSPS) is 19.3. The summed E-state index contributed by atoms with van der Waals surface area (Å²) in [5.41, 5.74) is 12.1. The fourth-order valence-corrected chi connectivity index (χ4v) is 6.30. The Labute approximate surface area is 271 Å². The van der Waals surface area contributed by atoms with Crippen LogP contribution in [-0.4, -0.2) is 34.9 Å². The number of rotatable bonds is 10. The summed E-state index contributed by atoms with van der Waals surface area (Å²) in [6, 6.07) is 21.3. The Kier molecular flexibility index (Phi) is 8.72. The van der Waals surface area contributed by atoms with Crippen molar-refractivity contribution >= 4 is 22.8 Å². The van der Waals surface area contributed by atoms with Crippen LogP contribution in [0.4, 0.5) is 0 Å². The summed E-state index contributed by atoms with van der Waals surface area (Å²) in [6.45, 7) is 6.02. The average molecular weight is 603 g/mol. The van der Waals surface area contributed by atoms with Crippen molar-refractivity contribution in [2.75, 3.05) is 0 Å². The molecular weight excluding hydrogens is 564 g/mol. The molecule has 0 amide bonds. The molecule has 6 heteroatoms. The molecule has 8 bridgehead atoms. The lowest BCUT2D eigenvalue weighted by atomic mass is 9.89. The van der Waals surface area contributed by atoms with Crippen molar-refractivity contribution in [1.82, 2.24) is 10.6 Å². The third kappa shape index (κ3) is 6.64. The zero-order valence-electron chi connectivity index (χ0n) is 26.3. The lowest BCUT2D eigenvalue weighted by Gasteiger charge is -2.26. The smallest absolute Gasteiger partial charge is 0.0710 e. The first-order valence-corrected chi connectivity index (χ1v) is 16.2. The van der Waals surface area contributed by atoms with Crippen molar-refractivity contribution < 1.29 is 0 Å². The van der Waals surface area contributed by atoms with E-state index in [9.17, 15) is 0 Å². The molecule has 7 rings (SSSR count). The Morgan fingerprint density at radius 1 is 0.500 bits per heavy atom. The van der Waals surface area contributed by atoms with Crippen LogP contribution in [0.5, 0.6) is 0 Å². The van der Waals surface area contributed by atoms with Crippen LogP contribution >= 0.6 is 0 Å². The topological polar surface area (TPSA) is 73.5 Å². The molecule has 5 aliphatic rings. The van der Waals surface area contributed by atoms with Gasteiger partial charge in [-0.05, 0) is 84.7 Å². The molecule has 0 saturated heterocycles. The van der Waals surface area contributed by atoms with Gasteiger partial charge in [0.25, 0.3) is 0 Å². The van der Waals surface area contributed by atoms with Crippen molar-refractivity contribution in [3.63, 3.8) is 0 Å². The zero-order valence-corrected chi connectivity index (χ0v) is 26.3. The van der Waals surface area contributed by atoms with Crippen LogP contribution in [0.15, 0.2) is 175 Å². The highest BCUT2D eigenvalue weighted by Crippen LogP contribution is 2.35. The summed E-state index contributed by atoms with van der Waals surface area (Å²) in [5.74, 6) is 0. The van der Waals surface area contributed by atoms with E-state index in [1.165, 1.54) is 22.3 Å². The van der Waals surface area contributed by atoms with Gasteiger partial charge in [-0.1, -0.05) is 74.5 Å². The minimum atomic E-state index is 0.0786. The van der Waals surface area contributed by atoms with Gasteiger partial charge < -0.3 is 10.6 Å². The summed E-state index contributed by atoms with van der Waals surface area (Å²) in [7, 11) is 0. The highest BCUT2D eigenvalue weighted by atomic mass is 15.0. The monoisotopic (exact) mass is 602 g/mol. The molecule has 5 aliphatic heterocycles. The van der Waals surface area contributed by atoms with Crippen LogP contribution in [0.3, 0.4) is 0 Å². The highest BCUT2D eigenvalue weighted by Gasteiger charge is 2.32. The van der Waals surface area contributed by atoms with Crippen LogP contribution in [0.25, 0.3) is 0 Å². The standard InChI is InChI=1S/C40H38N6/c1-3-35(41-25-27-11-7-5-8-12-27)39-37-23-33-19-17-31(44-33)21-29-15-16-30(43-29)22-32-18-20-34(45-32)24-38(46-37)40(39)36(4-2)42-26-28-13-9-6-10-14-28/h5-24,35-36,41-42H,3-4,25-26H2,1-2H3. The van der Waals surface area contributed by atoms with Crippen molar-refractivity contribution in [2.45, 2.75) is 51.9 Å². The van der Waals surface area contributed by atoms with Crippen molar-refractivity contribution in [3.8, 4) is 0 Å². The van der Waals surface area contributed by atoms with E-state index in [0.717, 1.165) is 71.6 Å². The zero-order chi connectivity index (χ0) is 31.3. The second-order valence-corrected chi connectivity index (χ2v) is 11.8. The predicted molar refractivity (Wildman–Crippen MR) is 191 cm³/mol. The molecule has 0 aromatic heterocycles. The molecular formula is C40H38N6. The molecule has 0 aliphatic carbocycles. The molecule has 6 nitrogen and oxygen atoms in total. The minimum Gasteiger partial charge on any atom is -0.306 e. The molecule has 46 heavy (non-hydrogen) atoms. The molecule has 0 saturated carbocycles. The maximum Gasteiger partial charge on any atom is 0.0710 e. The maximum atomic E-state index is 5.36. The van der Waals surface area contributed by atoms with E-state index in [4.69, 9.17) is 20.0 Å². The third-order valence-corrected chi connectivity index (χ3v) is 8.60. The summed E-state index contributed by atoms with van der Waals surface area (Å²) in [4.78, 5) is 20.0. The first-order valence-electron chi connectivity index (χ1n) is 16.2. The molecule has 2 atom stereocenters. The van der Waals surface area contributed by atoms with Crippen LogP contribution in [0, 0.1) is 0 Å². The largest absolute Gasteiger partial charge is 0.306 e. The number of hydrogen-bond acceptors (Lipinski definition) is 6. The first-order chi connectivity index (χ1) is 22.6. The van der Waals surface area contributed by atoms with Crippen LogP contribution < -0.4 is 10.6 Å². The predicted octanol–water partition coefficient (Wildman–Crippen LogP) is 7.46. The summed E-state index contributed by atoms with van der Waals surface area (Å²) >= 11 is 0. The molecule has 5 heterocycles. The lowest BCUT2D eigenvalue weighted by Crippen LogP contribution is -2.37. The van der Waals surface area contributed by atoms with E-state index in [-0.39, 0.29) is 12.1 Å². The van der Waals surface area contributed by atoms with Gasteiger partial charge >= 0.3 is 0 Å². The molecule has 0 radical (unpaired) electrons. The van der Waals surface area contributed by atoms with Gasteiger partial charge in [0.1, 0.15) is 0 Å². The molecule has 0 spiro atoms. The van der Waals surface area contributed by atoms with Gasteiger partial charge in [-0.3, -0.25) is 0 Å². The average Bonchev–Trinajstić information content (AvgIpc) is 3.89.